The second-order valence-electron chi connectivity index (χ2n) is 8.02. The number of nitrogens with one attached hydrogen (secondary N) is 2. The smallest absolute Gasteiger partial charge is 0.261 e. The van der Waals surface area contributed by atoms with Crippen molar-refractivity contribution in [2.75, 3.05) is 6.54 Å². The highest BCUT2D eigenvalue weighted by atomic mass is 32.1. The van der Waals surface area contributed by atoms with Gasteiger partial charge in [0.2, 0.25) is 5.91 Å². The number of rotatable bonds is 9. The van der Waals surface area contributed by atoms with E-state index in [0.29, 0.717) is 10.6 Å². The topological polar surface area (TPSA) is 91.7 Å². The molecule has 0 aliphatic heterocycles. The molecule has 4 rings (SSSR count). The molecule has 1 saturated carbocycles. The van der Waals surface area contributed by atoms with Gasteiger partial charge in [-0.1, -0.05) is 31.4 Å². The minimum Gasteiger partial charge on any atom is -0.467 e. The molecular weight excluding hydrogens is 458 g/mol. The quantitative estimate of drug-likeness (QED) is 0.471. The summed E-state index contributed by atoms with van der Waals surface area (Å²) in [5, 5.41) is 9.56. The van der Waals surface area contributed by atoms with Gasteiger partial charge in [-0.05, 0) is 47.9 Å². The number of thiophene rings is 2. The van der Waals surface area contributed by atoms with Crippen LogP contribution in [0.15, 0.2) is 57.8 Å². The normalized spacial score (nSPS) is 15.0. The lowest BCUT2D eigenvalue weighted by Crippen LogP contribution is -2.49. The van der Waals surface area contributed by atoms with E-state index in [-0.39, 0.29) is 36.9 Å². The maximum Gasteiger partial charge on any atom is 0.261 e. The molecule has 0 radical (unpaired) electrons. The van der Waals surface area contributed by atoms with Gasteiger partial charge in [0.15, 0.2) is 6.04 Å². The highest BCUT2D eigenvalue weighted by Crippen LogP contribution is 2.27. The van der Waals surface area contributed by atoms with Crippen molar-refractivity contribution in [2.45, 2.75) is 50.7 Å². The number of hydrogen-bond acceptors (Lipinski definition) is 6. The van der Waals surface area contributed by atoms with Gasteiger partial charge in [0.25, 0.3) is 11.8 Å². The minimum atomic E-state index is -0.921. The number of carbonyl (C=O) groups excluding carboxylic acids is 3. The second-order valence-corrected chi connectivity index (χ2v) is 10.0. The van der Waals surface area contributed by atoms with Crippen molar-refractivity contribution in [1.82, 2.24) is 15.5 Å². The molecule has 9 heteroatoms. The van der Waals surface area contributed by atoms with E-state index in [0.717, 1.165) is 30.6 Å². The molecule has 3 aromatic rings. The highest BCUT2D eigenvalue weighted by Gasteiger charge is 2.35. The average Bonchev–Trinajstić information content (AvgIpc) is 3.61. The van der Waals surface area contributed by atoms with Gasteiger partial charge in [-0.2, -0.15) is 0 Å². The van der Waals surface area contributed by atoms with E-state index in [9.17, 15) is 14.4 Å². The van der Waals surface area contributed by atoms with Crippen LogP contribution >= 0.6 is 22.7 Å². The molecule has 33 heavy (non-hydrogen) atoms. The van der Waals surface area contributed by atoms with Crippen molar-refractivity contribution in [3.8, 4) is 0 Å². The molecule has 3 aromatic heterocycles. The Labute approximate surface area is 200 Å². The number of nitrogens with zero attached hydrogens (tertiary/aromatic N) is 1. The number of amides is 3. The Balaban J connectivity index is 1.55. The zero-order valence-electron chi connectivity index (χ0n) is 18.2. The van der Waals surface area contributed by atoms with E-state index in [4.69, 9.17) is 4.42 Å². The molecule has 3 amide bonds. The molecule has 0 unspecified atom stereocenters. The van der Waals surface area contributed by atoms with Crippen LogP contribution in [0.2, 0.25) is 0 Å². The van der Waals surface area contributed by atoms with Crippen LogP contribution < -0.4 is 10.6 Å². The summed E-state index contributed by atoms with van der Waals surface area (Å²) >= 11 is 2.82. The monoisotopic (exact) mass is 485 g/mol. The summed E-state index contributed by atoms with van der Waals surface area (Å²) in [6.45, 7) is 0.0326. The molecule has 3 heterocycles. The molecule has 2 N–H and O–H groups in total. The third kappa shape index (κ3) is 6.11. The van der Waals surface area contributed by atoms with Crippen molar-refractivity contribution in [3.05, 3.63) is 68.9 Å². The lowest BCUT2D eigenvalue weighted by atomic mass is 9.95. The largest absolute Gasteiger partial charge is 0.467 e. The van der Waals surface area contributed by atoms with Gasteiger partial charge in [0.1, 0.15) is 5.76 Å². The fraction of sp³-hybridized carbons (Fsp3) is 0.375. The van der Waals surface area contributed by atoms with Gasteiger partial charge in [0.05, 0.1) is 24.2 Å². The van der Waals surface area contributed by atoms with Crippen molar-refractivity contribution in [3.63, 3.8) is 0 Å². The summed E-state index contributed by atoms with van der Waals surface area (Å²) in [5.74, 6) is -0.520. The fourth-order valence-electron chi connectivity index (χ4n) is 4.04. The van der Waals surface area contributed by atoms with Crippen molar-refractivity contribution < 1.29 is 18.8 Å². The Hall–Kier alpha value is -2.91. The Bertz CT molecular complexity index is 1030. The Morgan fingerprint density at radius 3 is 2.48 bits per heavy atom. The summed E-state index contributed by atoms with van der Waals surface area (Å²) in [7, 11) is 0. The predicted molar refractivity (Wildman–Crippen MR) is 128 cm³/mol. The zero-order chi connectivity index (χ0) is 23.0. The first-order valence-corrected chi connectivity index (χ1v) is 12.8. The third-order valence-electron chi connectivity index (χ3n) is 5.70. The van der Waals surface area contributed by atoms with Crippen LogP contribution in [0.5, 0.6) is 0 Å². The molecule has 1 aliphatic rings. The summed E-state index contributed by atoms with van der Waals surface area (Å²) in [4.78, 5) is 42.2. The summed E-state index contributed by atoms with van der Waals surface area (Å²) in [6, 6.07) is 9.92. The van der Waals surface area contributed by atoms with Crippen LogP contribution in [0.25, 0.3) is 0 Å². The van der Waals surface area contributed by atoms with Gasteiger partial charge in [-0.3, -0.25) is 14.4 Å². The van der Waals surface area contributed by atoms with Crippen LogP contribution in [0, 0.1) is 0 Å². The van der Waals surface area contributed by atoms with Gasteiger partial charge >= 0.3 is 0 Å². The molecule has 7 nitrogen and oxygen atoms in total. The molecule has 1 fully saturated rings. The van der Waals surface area contributed by atoms with Gasteiger partial charge in [-0.25, -0.2) is 0 Å². The van der Waals surface area contributed by atoms with Crippen LogP contribution in [0.4, 0.5) is 0 Å². The molecule has 1 atom stereocenters. The predicted octanol–water partition coefficient (Wildman–Crippen LogP) is 4.35. The SMILES string of the molecule is O=C(NCC(=O)N(Cc1cccs1)[C@H](C(=O)NC1CCCCC1)c1ccco1)c1cccs1. The Morgan fingerprint density at radius 1 is 1.03 bits per heavy atom. The Kier molecular flexibility index (Phi) is 7.96. The van der Waals surface area contributed by atoms with E-state index >= 15 is 0 Å². The van der Waals surface area contributed by atoms with E-state index in [1.807, 2.05) is 22.9 Å². The van der Waals surface area contributed by atoms with E-state index < -0.39 is 6.04 Å². The molecule has 0 spiro atoms. The molecule has 0 bridgehead atoms. The van der Waals surface area contributed by atoms with Crippen LogP contribution in [-0.2, 0) is 16.1 Å². The van der Waals surface area contributed by atoms with Crippen LogP contribution in [0.1, 0.15) is 58.5 Å². The lowest BCUT2D eigenvalue weighted by Gasteiger charge is -2.32. The number of carbonyl (C=O) groups is 3. The molecular formula is C24H27N3O4S2. The second kappa shape index (κ2) is 11.3. The standard InChI is InChI=1S/C24H27N3O4S2/c28-21(15-25-23(29)20-11-6-14-33-20)27(16-18-9-5-13-32-18)22(19-10-4-12-31-19)24(30)26-17-7-2-1-3-8-17/h4-6,9-14,17,22H,1-3,7-8,15-16H2,(H,25,29)(H,26,30)/t22-/m0/s1. The molecule has 174 valence electrons. The first-order valence-electron chi connectivity index (χ1n) is 11.1. The zero-order valence-corrected chi connectivity index (χ0v) is 19.8. The lowest BCUT2D eigenvalue weighted by molar-refractivity contribution is -0.141. The van der Waals surface area contributed by atoms with E-state index in [2.05, 4.69) is 10.6 Å². The average molecular weight is 486 g/mol. The van der Waals surface area contributed by atoms with Crippen molar-refractivity contribution in [1.29, 1.82) is 0 Å². The van der Waals surface area contributed by atoms with Gasteiger partial charge in [-0.15, -0.1) is 22.7 Å². The summed E-state index contributed by atoms with van der Waals surface area (Å²) < 4.78 is 5.60. The first kappa shape index (κ1) is 23.3. The maximum atomic E-state index is 13.5. The third-order valence-corrected chi connectivity index (χ3v) is 7.43. The summed E-state index contributed by atoms with van der Waals surface area (Å²) in [5.41, 5.74) is 0. The number of furan rings is 1. The van der Waals surface area contributed by atoms with Crippen LogP contribution in [0.3, 0.4) is 0 Å². The molecule has 0 saturated heterocycles. The Morgan fingerprint density at radius 2 is 1.82 bits per heavy atom. The first-order chi connectivity index (χ1) is 16.1. The van der Waals surface area contributed by atoms with Gasteiger partial charge in [0, 0.05) is 10.9 Å². The van der Waals surface area contributed by atoms with Gasteiger partial charge < -0.3 is 20.0 Å². The molecule has 1 aliphatic carbocycles. The minimum absolute atomic E-state index is 0.0981. The van der Waals surface area contributed by atoms with E-state index in [1.54, 1.807) is 24.3 Å². The van der Waals surface area contributed by atoms with E-state index in [1.165, 1.54) is 40.3 Å². The fourth-order valence-corrected chi connectivity index (χ4v) is 5.39. The highest BCUT2D eigenvalue weighted by molar-refractivity contribution is 7.12. The van der Waals surface area contributed by atoms with Crippen molar-refractivity contribution in [2.24, 2.45) is 0 Å². The number of hydrogen-bond donors (Lipinski definition) is 2. The van der Waals surface area contributed by atoms with Crippen LogP contribution in [-0.4, -0.2) is 35.2 Å². The molecule has 0 aromatic carbocycles. The maximum absolute atomic E-state index is 13.5. The van der Waals surface area contributed by atoms with Crippen molar-refractivity contribution >= 4 is 40.4 Å². The summed E-state index contributed by atoms with van der Waals surface area (Å²) in [6.07, 6.45) is 6.73.